The third-order valence-electron chi connectivity index (χ3n) is 3.17. The van der Waals surface area contributed by atoms with Crippen LogP contribution >= 0.6 is 0 Å². The molecule has 2 aromatic carbocycles. The number of hydrogen-bond donors (Lipinski definition) is 2. The number of nitrogens with zero attached hydrogens (tertiary/aromatic N) is 1. The summed E-state index contributed by atoms with van der Waals surface area (Å²) in [6, 6.07) is 12.1. The van der Waals surface area contributed by atoms with E-state index in [0.29, 0.717) is 11.4 Å². The van der Waals surface area contributed by atoms with Crippen LogP contribution in [-0.2, 0) is 0 Å². The molecule has 3 nitrogen and oxygen atoms in total. The minimum Gasteiger partial charge on any atom is -0.397 e. The summed E-state index contributed by atoms with van der Waals surface area (Å²) in [4.78, 5) is 2.12. The predicted octanol–water partition coefficient (Wildman–Crippen LogP) is 3.24. The zero-order chi connectivity index (χ0) is 13.3. The van der Waals surface area contributed by atoms with E-state index in [1.807, 2.05) is 25.2 Å². The molecule has 0 aliphatic carbocycles. The van der Waals surface area contributed by atoms with Crippen LogP contribution < -0.4 is 16.4 Å². The van der Waals surface area contributed by atoms with Crippen LogP contribution in [0, 0.1) is 13.8 Å². The van der Waals surface area contributed by atoms with E-state index in [1.165, 1.54) is 16.8 Å². The summed E-state index contributed by atoms with van der Waals surface area (Å²) in [7, 11) is 2.03. The number of anilines is 4. The summed E-state index contributed by atoms with van der Waals surface area (Å²) < 4.78 is 0. The Labute approximate surface area is 108 Å². The van der Waals surface area contributed by atoms with Crippen molar-refractivity contribution in [2.24, 2.45) is 0 Å². The Hall–Kier alpha value is -2.16. The van der Waals surface area contributed by atoms with Crippen molar-refractivity contribution in [3.05, 3.63) is 47.5 Å². The van der Waals surface area contributed by atoms with Crippen molar-refractivity contribution >= 4 is 22.7 Å². The Balaban J connectivity index is 2.41. The van der Waals surface area contributed by atoms with Crippen molar-refractivity contribution in [3.63, 3.8) is 0 Å². The van der Waals surface area contributed by atoms with Gasteiger partial charge in [-0.25, -0.2) is 0 Å². The molecule has 0 saturated heterocycles. The average Bonchev–Trinajstić information content (AvgIpc) is 2.32. The van der Waals surface area contributed by atoms with Gasteiger partial charge in [0, 0.05) is 18.4 Å². The molecule has 0 atom stereocenters. The van der Waals surface area contributed by atoms with Crippen molar-refractivity contribution in [2.75, 3.05) is 23.4 Å². The summed E-state index contributed by atoms with van der Waals surface area (Å²) in [5, 5.41) is 0. The summed E-state index contributed by atoms with van der Waals surface area (Å²) in [6.07, 6.45) is 0. The van der Waals surface area contributed by atoms with Gasteiger partial charge in [0.25, 0.3) is 0 Å². The lowest BCUT2D eigenvalue weighted by molar-refractivity contribution is 1.18. The molecule has 0 aliphatic rings. The Morgan fingerprint density at radius 2 is 1.61 bits per heavy atom. The third kappa shape index (κ3) is 2.25. The maximum absolute atomic E-state index is 5.85. The van der Waals surface area contributed by atoms with Gasteiger partial charge in [-0.05, 0) is 43.7 Å². The number of nitrogen functional groups attached to an aromatic ring is 2. The summed E-state index contributed by atoms with van der Waals surface area (Å²) in [6.45, 7) is 4.21. The van der Waals surface area contributed by atoms with Gasteiger partial charge < -0.3 is 16.4 Å². The van der Waals surface area contributed by atoms with Crippen LogP contribution in [0.25, 0.3) is 0 Å². The number of rotatable bonds is 2. The van der Waals surface area contributed by atoms with E-state index in [2.05, 4.69) is 36.9 Å². The van der Waals surface area contributed by atoms with Gasteiger partial charge >= 0.3 is 0 Å². The van der Waals surface area contributed by atoms with Gasteiger partial charge in [-0.15, -0.1) is 0 Å². The van der Waals surface area contributed by atoms with Gasteiger partial charge in [-0.3, -0.25) is 0 Å². The van der Waals surface area contributed by atoms with Crippen molar-refractivity contribution in [3.8, 4) is 0 Å². The first-order valence-corrected chi connectivity index (χ1v) is 5.95. The molecule has 0 saturated carbocycles. The number of aryl methyl sites for hydroxylation is 2. The van der Waals surface area contributed by atoms with E-state index in [9.17, 15) is 0 Å². The average molecular weight is 241 g/mol. The molecule has 0 spiro atoms. The molecule has 3 heteroatoms. The minimum absolute atomic E-state index is 0.615. The van der Waals surface area contributed by atoms with Gasteiger partial charge in [0.2, 0.25) is 0 Å². The number of nitrogens with two attached hydrogens (primary N) is 2. The fourth-order valence-corrected chi connectivity index (χ4v) is 2.09. The summed E-state index contributed by atoms with van der Waals surface area (Å²) in [5.74, 6) is 0. The first kappa shape index (κ1) is 12.3. The van der Waals surface area contributed by atoms with E-state index in [0.717, 1.165) is 5.69 Å². The van der Waals surface area contributed by atoms with Gasteiger partial charge in [-0.1, -0.05) is 17.7 Å². The molecule has 0 radical (unpaired) electrons. The van der Waals surface area contributed by atoms with Crippen molar-refractivity contribution in [1.82, 2.24) is 0 Å². The second kappa shape index (κ2) is 4.61. The number of benzene rings is 2. The van der Waals surface area contributed by atoms with Crippen LogP contribution in [0.2, 0.25) is 0 Å². The molecule has 0 bridgehead atoms. The second-order valence-corrected chi connectivity index (χ2v) is 4.66. The summed E-state index contributed by atoms with van der Waals surface area (Å²) in [5.41, 5.74) is 17.5. The Morgan fingerprint density at radius 3 is 2.22 bits per heavy atom. The quantitative estimate of drug-likeness (QED) is 0.794. The van der Waals surface area contributed by atoms with Gasteiger partial charge in [-0.2, -0.15) is 0 Å². The van der Waals surface area contributed by atoms with E-state index < -0.39 is 0 Å². The SMILES string of the molecule is Cc1ccc(N(C)c2ccc(N)c(N)c2)c(C)c1. The fraction of sp³-hybridized carbons (Fsp3) is 0.200. The first-order chi connectivity index (χ1) is 8.49. The van der Waals surface area contributed by atoms with E-state index in [4.69, 9.17) is 11.5 Å². The van der Waals surface area contributed by atoms with Crippen molar-refractivity contribution < 1.29 is 0 Å². The summed E-state index contributed by atoms with van der Waals surface area (Å²) >= 11 is 0. The second-order valence-electron chi connectivity index (χ2n) is 4.66. The van der Waals surface area contributed by atoms with Crippen LogP contribution in [0.1, 0.15) is 11.1 Å². The smallest absolute Gasteiger partial charge is 0.0568 e. The van der Waals surface area contributed by atoms with E-state index in [-0.39, 0.29) is 0 Å². The van der Waals surface area contributed by atoms with Crippen LogP contribution in [0.3, 0.4) is 0 Å². The van der Waals surface area contributed by atoms with E-state index >= 15 is 0 Å². The van der Waals surface area contributed by atoms with E-state index in [1.54, 1.807) is 0 Å². The highest BCUT2D eigenvalue weighted by molar-refractivity contribution is 5.74. The Bertz CT molecular complexity index is 576. The van der Waals surface area contributed by atoms with Gasteiger partial charge in [0.15, 0.2) is 0 Å². The molecule has 0 aliphatic heterocycles. The lowest BCUT2D eigenvalue weighted by Gasteiger charge is -2.22. The molecular formula is C15H19N3. The standard InChI is InChI=1S/C15H19N3/c1-10-4-7-15(11(2)8-10)18(3)12-5-6-13(16)14(17)9-12/h4-9H,16-17H2,1-3H3. The monoisotopic (exact) mass is 241 g/mol. The molecule has 0 fully saturated rings. The topological polar surface area (TPSA) is 55.3 Å². The molecule has 0 unspecified atom stereocenters. The molecular weight excluding hydrogens is 222 g/mol. The van der Waals surface area contributed by atoms with Crippen LogP contribution in [0.5, 0.6) is 0 Å². The first-order valence-electron chi connectivity index (χ1n) is 5.95. The number of hydrogen-bond acceptors (Lipinski definition) is 3. The maximum Gasteiger partial charge on any atom is 0.0568 e. The zero-order valence-electron chi connectivity index (χ0n) is 11.1. The lowest BCUT2D eigenvalue weighted by Crippen LogP contribution is -2.11. The Morgan fingerprint density at radius 1 is 0.889 bits per heavy atom. The van der Waals surface area contributed by atoms with Gasteiger partial charge in [0.1, 0.15) is 0 Å². The van der Waals surface area contributed by atoms with Crippen LogP contribution in [0.4, 0.5) is 22.7 Å². The van der Waals surface area contributed by atoms with Gasteiger partial charge in [0.05, 0.1) is 11.4 Å². The molecule has 0 aromatic heterocycles. The highest BCUT2D eigenvalue weighted by Gasteiger charge is 2.08. The largest absolute Gasteiger partial charge is 0.397 e. The molecule has 0 amide bonds. The van der Waals surface area contributed by atoms with Crippen LogP contribution in [-0.4, -0.2) is 7.05 Å². The molecule has 0 heterocycles. The fourth-order valence-electron chi connectivity index (χ4n) is 2.09. The zero-order valence-corrected chi connectivity index (χ0v) is 11.1. The van der Waals surface area contributed by atoms with Crippen LogP contribution in [0.15, 0.2) is 36.4 Å². The molecule has 18 heavy (non-hydrogen) atoms. The Kier molecular flexibility index (Phi) is 3.15. The maximum atomic E-state index is 5.85. The highest BCUT2D eigenvalue weighted by atomic mass is 15.1. The molecule has 2 rings (SSSR count). The minimum atomic E-state index is 0.615. The molecule has 2 aromatic rings. The third-order valence-corrected chi connectivity index (χ3v) is 3.17. The van der Waals surface area contributed by atoms with Crippen molar-refractivity contribution in [1.29, 1.82) is 0 Å². The lowest BCUT2D eigenvalue weighted by atomic mass is 10.1. The van der Waals surface area contributed by atoms with Crippen molar-refractivity contribution in [2.45, 2.75) is 13.8 Å². The molecule has 94 valence electrons. The normalized spacial score (nSPS) is 10.4. The predicted molar refractivity (Wildman–Crippen MR) is 79.2 cm³/mol. The highest BCUT2D eigenvalue weighted by Crippen LogP contribution is 2.30. The molecule has 4 N–H and O–H groups in total.